The molecule has 0 amide bonds. The molecule has 2 aromatic heterocycles. The Morgan fingerprint density at radius 1 is 1.33 bits per heavy atom. The summed E-state index contributed by atoms with van der Waals surface area (Å²) in [6.07, 6.45) is 3.62. The monoisotopic (exact) mass is 304 g/mol. The summed E-state index contributed by atoms with van der Waals surface area (Å²) in [5, 5.41) is 8.31. The lowest BCUT2D eigenvalue weighted by Gasteiger charge is -2.16. The van der Waals surface area contributed by atoms with Crippen LogP contribution in [0.25, 0.3) is 0 Å². The summed E-state index contributed by atoms with van der Waals surface area (Å²) in [5.41, 5.74) is 0. The second-order valence-corrected chi connectivity index (χ2v) is 5.04. The van der Waals surface area contributed by atoms with Gasteiger partial charge in [0.1, 0.15) is 11.0 Å². The third-order valence-corrected chi connectivity index (χ3v) is 3.25. The van der Waals surface area contributed by atoms with Crippen LogP contribution in [0.2, 0.25) is 15.2 Å². The van der Waals surface area contributed by atoms with Crippen molar-refractivity contribution < 1.29 is 0 Å². The number of pyridine rings is 1. The highest BCUT2D eigenvalue weighted by atomic mass is 35.5. The number of hydrogen-bond donors (Lipinski definition) is 1. The van der Waals surface area contributed by atoms with Gasteiger partial charge in [-0.05, 0) is 19.1 Å². The standard InChI is InChI=1S/C11H11Cl3N4/c1-7(6-18-4-2-3-15-18)16-11-9(13)5-8(12)10(14)17-11/h2-5,7H,6H2,1H3,(H,16,17). The molecule has 7 heteroatoms. The predicted molar refractivity (Wildman–Crippen MR) is 74.6 cm³/mol. The van der Waals surface area contributed by atoms with E-state index in [1.165, 1.54) is 0 Å². The third kappa shape index (κ3) is 3.28. The van der Waals surface area contributed by atoms with Gasteiger partial charge in [-0.15, -0.1) is 0 Å². The molecular weight excluding hydrogens is 295 g/mol. The molecule has 0 radical (unpaired) electrons. The zero-order valence-electron chi connectivity index (χ0n) is 9.57. The minimum atomic E-state index is 0.104. The van der Waals surface area contributed by atoms with Gasteiger partial charge in [0.2, 0.25) is 0 Å². The molecule has 0 aliphatic heterocycles. The summed E-state index contributed by atoms with van der Waals surface area (Å²) in [6, 6.07) is 3.55. The highest BCUT2D eigenvalue weighted by Gasteiger charge is 2.10. The molecule has 0 spiro atoms. The molecule has 96 valence electrons. The summed E-state index contributed by atoms with van der Waals surface area (Å²) in [4.78, 5) is 4.10. The molecule has 18 heavy (non-hydrogen) atoms. The van der Waals surface area contributed by atoms with Gasteiger partial charge in [0.15, 0.2) is 0 Å². The fraction of sp³-hybridized carbons (Fsp3) is 0.273. The van der Waals surface area contributed by atoms with Crippen molar-refractivity contribution >= 4 is 40.6 Å². The van der Waals surface area contributed by atoms with Crippen molar-refractivity contribution in [2.75, 3.05) is 5.32 Å². The first-order chi connectivity index (χ1) is 8.56. The first-order valence-corrected chi connectivity index (χ1v) is 6.45. The Balaban J connectivity index is 2.07. The van der Waals surface area contributed by atoms with Gasteiger partial charge in [-0.1, -0.05) is 34.8 Å². The van der Waals surface area contributed by atoms with Crippen molar-refractivity contribution in [2.45, 2.75) is 19.5 Å². The first kappa shape index (κ1) is 13.5. The van der Waals surface area contributed by atoms with Gasteiger partial charge in [0.25, 0.3) is 0 Å². The van der Waals surface area contributed by atoms with Crippen LogP contribution in [0.4, 0.5) is 5.82 Å². The van der Waals surface area contributed by atoms with Crippen LogP contribution >= 0.6 is 34.8 Å². The molecule has 2 heterocycles. The molecule has 2 aromatic rings. The lowest BCUT2D eigenvalue weighted by atomic mass is 10.3. The molecule has 0 saturated carbocycles. The second kappa shape index (κ2) is 5.78. The normalized spacial score (nSPS) is 12.4. The fourth-order valence-corrected chi connectivity index (χ4v) is 2.07. The zero-order valence-corrected chi connectivity index (χ0v) is 11.8. The number of rotatable bonds is 4. The van der Waals surface area contributed by atoms with Crippen LogP contribution < -0.4 is 5.32 Å². The van der Waals surface area contributed by atoms with Gasteiger partial charge in [-0.25, -0.2) is 4.98 Å². The number of halogens is 3. The maximum absolute atomic E-state index is 6.04. The number of aromatic nitrogens is 3. The van der Waals surface area contributed by atoms with E-state index in [2.05, 4.69) is 15.4 Å². The van der Waals surface area contributed by atoms with E-state index in [9.17, 15) is 0 Å². The van der Waals surface area contributed by atoms with Crippen molar-refractivity contribution in [3.05, 3.63) is 39.7 Å². The average molecular weight is 306 g/mol. The molecule has 0 aliphatic rings. The minimum absolute atomic E-state index is 0.104. The van der Waals surface area contributed by atoms with Gasteiger partial charge < -0.3 is 5.32 Å². The molecule has 4 nitrogen and oxygen atoms in total. The van der Waals surface area contributed by atoms with Gasteiger partial charge in [-0.3, -0.25) is 4.68 Å². The molecule has 1 atom stereocenters. The largest absolute Gasteiger partial charge is 0.364 e. The number of nitrogens with zero attached hydrogens (tertiary/aromatic N) is 3. The van der Waals surface area contributed by atoms with E-state index in [1.807, 2.05) is 23.9 Å². The topological polar surface area (TPSA) is 42.7 Å². The number of hydrogen-bond acceptors (Lipinski definition) is 3. The summed E-state index contributed by atoms with van der Waals surface area (Å²) in [5.74, 6) is 0.519. The van der Waals surface area contributed by atoms with Crippen molar-refractivity contribution in [1.29, 1.82) is 0 Å². The number of nitrogens with one attached hydrogen (secondary N) is 1. The van der Waals surface area contributed by atoms with Crippen molar-refractivity contribution in [3.8, 4) is 0 Å². The fourth-order valence-electron chi connectivity index (χ4n) is 1.51. The minimum Gasteiger partial charge on any atom is -0.364 e. The molecule has 0 aromatic carbocycles. The maximum atomic E-state index is 6.04. The van der Waals surface area contributed by atoms with Gasteiger partial charge in [0, 0.05) is 18.4 Å². The average Bonchev–Trinajstić information content (AvgIpc) is 2.78. The second-order valence-electron chi connectivity index (χ2n) is 3.86. The first-order valence-electron chi connectivity index (χ1n) is 5.32. The van der Waals surface area contributed by atoms with Gasteiger partial charge in [-0.2, -0.15) is 5.10 Å². The van der Waals surface area contributed by atoms with E-state index in [-0.39, 0.29) is 11.2 Å². The van der Waals surface area contributed by atoms with E-state index in [0.717, 1.165) is 0 Å². The van der Waals surface area contributed by atoms with Crippen LogP contribution in [-0.2, 0) is 6.54 Å². The molecule has 2 rings (SSSR count). The predicted octanol–water partition coefficient (Wildman–Crippen LogP) is 3.74. The highest BCUT2D eigenvalue weighted by Crippen LogP contribution is 2.29. The van der Waals surface area contributed by atoms with Crippen molar-refractivity contribution in [3.63, 3.8) is 0 Å². The van der Waals surface area contributed by atoms with E-state index in [0.29, 0.717) is 22.4 Å². The van der Waals surface area contributed by atoms with Crippen LogP contribution in [0.5, 0.6) is 0 Å². The Kier molecular flexibility index (Phi) is 4.32. The van der Waals surface area contributed by atoms with E-state index < -0.39 is 0 Å². The van der Waals surface area contributed by atoms with Crippen LogP contribution in [0.3, 0.4) is 0 Å². The molecule has 1 N–H and O–H groups in total. The van der Waals surface area contributed by atoms with Crippen molar-refractivity contribution in [1.82, 2.24) is 14.8 Å². The molecule has 0 aliphatic carbocycles. The highest BCUT2D eigenvalue weighted by molar-refractivity contribution is 6.42. The Bertz CT molecular complexity index is 527. The Hall–Kier alpha value is -0.970. The van der Waals surface area contributed by atoms with E-state index >= 15 is 0 Å². The van der Waals surface area contributed by atoms with Crippen LogP contribution in [0.15, 0.2) is 24.5 Å². The maximum Gasteiger partial charge on any atom is 0.150 e. The quantitative estimate of drug-likeness (QED) is 0.875. The molecule has 0 bridgehead atoms. The molecule has 0 saturated heterocycles. The lowest BCUT2D eigenvalue weighted by Crippen LogP contribution is -2.23. The molecule has 1 unspecified atom stereocenters. The van der Waals surface area contributed by atoms with E-state index in [4.69, 9.17) is 34.8 Å². The van der Waals surface area contributed by atoms with Gasteiger partial charge >= 0.3 is 0 Å². The Labute approximate surface area is 120 Å². The van der Waals surface area contributed by atoms with Gasteiger partial charge in [0.05, 0.1) is 16.6 Å². The number of anilines is 1. The SMILES string of the molecule is CC(Cn1cccn1)Nc1nc(Cl)c(Cl)cc1Cl. The van der Waals surface area contributed by atoms with E-state index in [1.54, 1.807) is 12.3 Å². The summed E-state index contributed by atoms with van der Waals surface area (Å²) >= 11 is 17.7. The molecule has 0 fully saturated rings. The Morgan fingerprint density at radius 3 is 2.78 bits per heavy atom. The smallest absolute Gasteiger partial charge is 0.150 e. The van der Waals surface area contributed by atoms with Crippen molar-refractivity contribution in [2.24, 2.45) is 0 Å². The van der Waals surface area contributed by atoms with Crippen LogP contribution in [0.1, 0.15) is 6.92 Å². The summed E-state index contributed by atoms with van der Waals surface area (Å²) < 4.78 is 1.82. The Morgan fingerprint density at radius 2 is 2.11 bits per heavy atom. The summed E-state index contributed by atoms with van der Waals surface area (Å²) in [6.45, 7) is 2.70. The third-order valence-electron chi connectivity index (χ3n) is 2.29. The van der Waals surface area contributed by atoms with Crippen LogP contribution in [0, 0.1) is 0 Å². The lowest BCUT2D eigenvalue weighted by molar-refractivity contribution is 0.560. The molecular formula is C11H11Cl3N4. The van der Waals surface area contributed by atoms with Crippen LogP contribution in [-0.4, -0.2) is 20.8 Å². The zero-order chi connectivity index (χ0) is 13.1. The summed E-state index contributed by atoms with van der Waals surface area (Å²) in [7, 11) is 0.